The summed E-state index contributed by atoms with van der Waals surface area (Å²) in [6, 6.07) is 1.94. The standard InChI is InChI=1S/C10H9BrClN/c1-8-6-9(4-2-3-5-11)7-13-10(8)12/h6-7H,3,5H2,1H3. The van der Waals surface area contributed by atoms with Crippen molar-refractivity contribution in [2.45, 2.75) is 13.3 Å². The van der Waals surface area contributed by atoms with Gasteiger partial charge < -0.3 is 0 Å². The highest BCUT2D eigenvalue weighted by Crippen LogP contribution is 2.11. The van der Waals surface area contributed by atoms with Crippen molar-refractivity contribution < 1.29 is 0 Å². The van der Waals surface area contributed by atoms with Crippen LogP contribution in [-0.2, 0) is 0 Å². The van der Waals surface area contributed by atoms with E-state index in [0.29, 0.717) is 5.15 Å². The Morgan fingerprint density at radius 1 is 1.62 bits per heavy atom. The molecule has 68 valence electrons. The Morgan fingerprint density at radius 3 is 3.00 bits per heavy atom. The largest absolute Gasteiger partial charge is 0.243 e. The lowest BCUT2D eigenvalue weighted by molar-refractivity contribution is 1.25. The first-order valence-corrected chi connectivity index (χ1v) is 5.41. The van der Waals surface area contributed by atoms with E-state index in [1.165, 1.54) is 0 Å². The predicted molar refractivity (Wildman–Crippen MR) is 59.3 cm³/mol. The molecule has 0 aromatic carbocycles. The molecule has 0 N–H and O–H groups in total. The molecule has 1 rings (SSSR count). The fraction of sp³-hybridized carbons (Fsp3) is 0.300. The molecule has 1 heterocycles. The van der Waals surface area contributed by atoms with Crippen molar-refractivity contribution in [2.75, 3.05) is 5.33 Å². The number of nitrogens with zero attached hydrogens (tertiary/aromatic N) is 1. The summed E-state index contributed by atoms with van der Waals surface area (Å²) in [5, 5.41) is 1.45. The van der Waals surface area contributed by atoms with Crippen LogP contribution in [0.1, 0.15) is 17.5 Å². The molecule has 1 nitrogen and oxygen atoms in total. The average Bonchev–Trinajstić information content (AvgIpc) is 2.12. The van der Waals surface area contributed by atoms with Gasteiger partial charge in [-0.05, 0) is 18.6 Å². The number of aromatic nitrogens is 1. The van der Waals surface area contributed by atoms with Gasteiger partial charge in [0.1, 0.15) is 5.15 Å². The van der Waals surface area contributed by atoms with E-state index in [1.807, 2.05) is 13.0 Å². The van der Waals surface area contributed by atoms with Crippen LogP contribution in [0.4, 0.5) is 0 Å². The third-order valence-electron chi connectivity index (χ3n) is 1.47. The molecule has 0 fully saturated rings. The highest BCUT2D eigenvalue weighted by molar-refractivity contribution is 9.09. The average molecular weight is 259 g/mol. The molecule has 0 amide bonds. The third kappa shape index (κ3) is 3.38. The van der Waals surface area contributed by atoms with E-state index in [9.17, 15) is 0 Å². The number of aryl methyl sites for hydroxylation is 1. The summed E-state index contributed by atoms with van der Waals surface area (Å²) in [5.74, 6) is 6.03. The second-order valence-electron chi connectivity index (χ2n) is 2.57. The van der Waals surface area contributed by atoms with E-state index in [4.69, 9.17) is 11.6 Å². The Balaban J connectivity index is 2.81. The maximum atomic E-state index is 5.78. The van der Waals surface area contributed by atoms with Crippen molar-refractivity contribution >= 4 is 27.5 Å². The van der Waals surface area contributed by atoms with Gasteiger partial charge in [-0.25, -0.2) is 4.98 Å². The summed E-state index contributed by atoms with van der Waals surface area (Å²) in [5.41, 5.74) is 1.88. The van der Waals surface area contributed by atoms with Crippen LogP contribution < -0.4 is 0 Å². The molecular weight excluding hydrogens is 249 g/mol. The van der Waals surface area contributed by atoms with E-state index in [1.54, 1.807) is 6.20 Å². The Kier molecular flexibility index (Phi) is 4.27. The molecule has 0 bridgehead atoms. The van der Waals surface area contributed by atoms with E-state index >= 15 is 0 Å². The molecule has 0 aliphatic rings. The minimum Gasteiger partial charge on any atom is -0.243 e. The van der Waals surface area contributed by atoms with E-state index in [-0.39, 0.29) is 0 Å². The lowest BCUT2D eigenvalue weighted by atomic mass is 10.2. The molecule has 0 spiro atoms. The van der Waals surface area contributed by atoms with Crippen LogP contribution in [-0.4, -0.2) is 10.3 Å². The highest BCUT2D eigenvalue weighted by atomic mass is 79.9. The topological polar surface area (TPSA) is 12.9 Å². The molecule has 0 radical (unpaired) electrons. The molecule has 0 aliphatic heterocycles. The van der Waals surface area contributed by atoms with E-state index in [2.05, 4.69) is 32.8 Å². The van der Waals surface area contributed by atoms with Gasteiger partial charge in [-0.1, -0.05) is 39.4 Å². The van der Waals surface area contributed by atoms with Crippen LogP contribution in [0, 0.1) is 18.8 Å². The second kappa shape index (κ2) is 5.26. The van der Waals surface area contributed by atoms with Gasteiger partial charge in [0, 0.05) is 23.5 Å². The fourth-order valence-electron chi connectivity index (χ4n) is 0.838. The summed E-state index contributed by atoms with van der Waals surface area (Å²) in [7, 11) is 0. The number of alkyl halides is 1. The normalized spacial score (nSPS) is 9.15. The van der Waals surface area contributed by atoms with Crippen molar-refractivity contribution in [1.29, 1.82) is 0 Å². The molecule has 0 saturated carbocycles. The molecule has 1 aromatic heterocycles. The molecule has 1 aromatic rings. The first kappa shape index (κ1) is 10.6. The Labute approximate surface area is 91.6 Å². The fourth-order valence-corrected chi connectivity index (χ4v) is 1.14. The van der Waals surface area contributed by atoms with Crippen LogP contribution in [0.3, 0.4) is 0 Å². The number of pyridine rings is 1. The van der Waals surface area contributed by atoms with E-state index < -0.39 is 0 Å². The Hall–Kier alpha value is -0.520. The predicted octanol–water partition coefficient (Wildman–Crippen LogP) is 3.18. The lowest BCUT2D eigenvalue weighted by Crippen LogP contribution is -1.83. The molecule has 3 heteroatoms. The summed E-state index contributed by atoms with van der Waals surface area (Å²) in [4.78, 5) is 4.01. The van der Waals surface area contributed by atoms with Gasteiger partial charge in [0.25, 0.3) is 0 Å². The smallest absolute Gasteiger partial charge is 0.132 e. The summed E-state index contributed by atoms with van der Waals surface area (Å²) in [6.07, 6.45) is 2.54. The number of hydrogen-bond acceptors (Lipinski definition) is 1. The van der Waals surface area contributed by atoms with Gasteiger partial charge in [0.2, 0.25) is 0 Å². The monoisotopic (exact) mass is 257 g/mol. The second-order valence-corrected chi connectivity index (χ2v) is 3.72. The van der Waals surface area contributed by atoms with Gasteiger partial charge in [-0.15, -0.1) is 0 Å². The van der Waals surface area contributed by atoms with Crippen LogP contribution in [0.5, 0.6) is 0 Å². The minimum absolute atomic E-state index is 0.547. The van der Waals surface area contributed by atoms with Crippen molar-refractivity contribution in [3.63, 3.8) is 0 Å². The van der Waals surface area contributed by atoms with Crippen LogP contribution in [0.2, 0.25) is 5.15 Å². The maximum Gasteiger partial charge on any atom is 0.132 e. The Bertz CT molecular complexity index is 352. The number of rotatable bonds is 1. The number of halogens is 2. The molecule has 0 atom stereocenters. The zero-order valence-electron chi connectivity index (χ0n) is 7.27. The Morgan fingerprint density at radius 2 is 2.38 bits per heavy atom. The van der Waals surface area contributed by atoms with Gasteiger partial charge in [0.15, 0.2) is 0 Å². The molecule has 0 unspecified atom stereocenters. The SMILES string of the molecule is Cc1cc(C#CCCBr)cnc1Cl. The van der Waals surface area contributed by atoms with Gasteiger partial charge >= 0.3 is 0 Å². The van der Waals surface area contributed by atoms with Crippen molar-refractivity contribution in [3.8, 4) is 11.8 Å². The zero-order valence-corrected chi connectivity index (χ0v) is 9.61. The highest BCUT2D eigenvalue weighted by Gasteiger charge is 1.95. The quantitative estimate of drug-likeness (QED) is 0.428. The van der Waals surface area contributed by atoms with Crippen molar-refractivity contribution in [3.05, 3.63) is 28.5 Å². The molecule has 0 aliphatic carbocycles. The van der Waals surface area contributed by atoms with E-state index in [0.717, 1.165) is 22.9 Å². The number of hydrogen-bond donors (Lipinski definition) is 0. The lowest BCUT2D eigenvalue weighted by Gasteiger charge is -1.95. The summed E-state index contributed by atoms with van der Waals surface area (Å²) < 4.78 is 0. The first-order chi connectivity index (χ1) is 6.24. The molecular formula is C10H9BrClN. The van der Waals surface area contributed by atoms with Crippen molar-refractivity contribution in [2.24, 2.45) is 0 Å². The van der Waals surface area contributed by atoms with Gasteiger partial charge in [-0.2, -0.15) is 0 Å². The van der Waals surface area contributed by atoms with Crippen LogP contribution in [0.25, 0.3) is 0 Å². The maximum absolute atomic E-state index is 5.78. The summed E-state index contributed by atoms with van der Waals surface area (Å²) >= 11 is 9.08. The van der Waals surface area contributed by atoms with Gasteiger partial charge in [-0.3, -0.25) is 0 Å². The third-order valence-corrected chi connectivity index (χ3v) is 2.26. The molecule has 0 saturated heterocycles. The summed E-state index contributed by atoms with van der Waals surface area (Å²) in [6.45, 7) is 1.92. The zero-order chi connectivity index (χ0) is 9.68. The minimum atomic E-state index is 0.547. The van der Waals surface area contributed by atoms with Gasteiger partial charge in [0.05, 0.1) is 0 Å². The first-order valence-electron chi connectivity index (χ1n) is 3.91. The van der Waals surface area contributed by atoms with Crippen molar-refractivity contribution in [1.82, 2.24) is 4.98 Å². The molecule has 13 heavy (non-hydrogen) atoms. The van der Waals surface area contributed by atoms with Crippen LogP contribution in [0.15, 0.2) is 12.3 Å². The van der Waals surface area contributed by atoms with Crippen LogP contribution >= 0.6 is 27.5 Å².